The van der Waals surface area contributed by atoms with Gasteiger partial charge in [-0.3, -0.25) is 14.4 Å². The summed E-state index contributed by atoms with van der Waals surface area (Å²) in [6.45, 7) is 9.35. The van der Waals surface area contributed by atoms with Gasteiger partial charge in [-0.15, -0.1) is 0 Å². The Morgan fingerprint density at radius 3 is 2.24 bits per heavy atom. The van der Waals surface area contributed by atoms with Crippen molar-refractivity contribution in [3.63, 3.8) is 0 Å². The van der Waals surface area contributed by atoms with E-state index in [1.165, 1.54) is 12.0 Å². The average molecular weight is 552 g/mol. The molecule has 38 heavy (non-hydrogen) atoms. The van der Waals surface area contributed by atoms with E-state index < -0.39 is 35.7 Å². The molecule has 0 aromatic heterocycles. The molecule has 3 amide bonds. The Balaban J connectivity index is 3.46. The number of amides is 3. The van der Waals surface area contributed by atoms with Crippen LogP contribution in [0.1, 0.15) is 77.5 Å². The lowest BCUT2D eigenvalue weighted by Gasteiger charge is -2.34. The fourth-order valence-electron chi connectivity index (χ4n) is 3.78. The smallest absolute Gasteiger partial charge is 0.408 e. The van der Waals surface area contributed by atoms with Crippen LogP contribution in [0.4, 0.5) is 4.79 Å². The summed E-state index contributed by atoms with van der Waals surface area (Å²) in [6.07, 6.45) is 4.90. The minimum atomic E-state index is -0.993. The summed E-state index contributed by atoms with van der Waals surface area (Å²) in [5.74, 6) is -0.838. The van der Waals surface area contributed by atoms with Crippen molar-refractivity contribution in [2.45, 2.75) is 84.4 Å². The molecule has 0 heterocycles. The Bertz CT molecular complexity index is 901. The number of hydrogen-bond acceptors (Lipinski definition) is 7. The van der Waals surface area contributed by atoms with Crippen LogP contribution in [0.25, 0.3) is 0 Å². The minimum Gasteiger partial charge on any atom is -0.468 e. The third-order valence-corrected chi connectivity index (χ3v) is 6.43. The quantitative estimate of drug-likeness (QED) is 0.247. The summed E-state index contributed by atoms with van der Waals surface area (Å²) in [5.41, 5.74) is 0.987. The van der Waals surface area contributed by atoms with Gasteiger partial charge in [-0.25, -0.2) is 4.79 Å². The number of carbonyl (C=O) groups excluding carboxylic acids is 4. The van der Waals surface area contributed by atoms with Crippen molar-refractivity contribution in [3.05, 3.63) is 35.4 Å². The number of esters is 1. The van der Waals surface area contributed by atoms with Gasteiger partial charge in [0.15, 0.2) is 0 Å². The van der Waals surface area contributed by atoms with E-state index in [0.29, 0.717) is 30.7 Å². The van der Waals surface area contributed by atoms with E-state index in [2.05, 4.69) is 22.3 Å². The van der Waals surface area contributed by atoms with Crippen LogP contribution in [-0.2, 0) is 30.3 Å². The van der Waals surface area contributed by atoms with E-state index in [9.17, 15) is 19.2 Å². The SMILES string of the molecule is CCCCCN(C(=O)C(CCSC)NC(=O)OC(C)(C)C)C(C(=O)NCC(=O)OC)c1ccc(CC)cc1. The third-order valence-electron chi connectivity index (χ3n) is 5.78. The lowest BCUT2D eigenvalue weighted by molar-refractivity contribution is -0.144. The number of rotatable bonds is 15. The molecule has 2 N–H and O–H groups in total. The lowest BCUT2D eigenvalue weighted by atomic mass is 9.99. The van der Waals surface area contributed by atoms with Crippen LogP contribution in [-0.4, -0.2) is 72.6 Å². The van der Waals surface area contributed by atoms with Gasteiger partial charge in [0.25, 0.3) is 0 Å². The molecular formula is C28H45N3O6S. The standard InChI is InChI=1S/C28H45N3O6S/c1-8-10-11-17-31(26(34)22(16-18-38-7)30-27(35)37-28(3,4)5)24(25(33)29-19-23(32)36-6)21-14-12-20(9-2)13-15-21/h12-15,22,24H,8-11,16-19H2,1-7H3,(H,29,33)(H,30,35). The number of thioether (sulfide) groups is 1. The summed E-state index contributed by atoms with van der Waals surface area (Å²) in [6, 6.07) is 5.64. The molecule has 0 saturated carbocycles. The van der Waals surface area contributed by atoms with Crippen LogP contribution in [0.15, 0.2) is 24.3 Å². The van der Waals surface area contributed by atoms with Gasteiger partial charge in [0.05, 0.1) is 7.11 Å². The van der Waals surface area contributed by atoms with Gasteiger partial charge in [0.2, 0.25) is 11.8 Å². The molecule has 2 atom stereocenters. The molecule has 0 saturated heterocycles. The molecule has 9 nitrogen and oxygen atoms in total. The summed E-state index contributed by atoms with van der Waals surface area (Å²) in [5, 5.41) is 5.35. The fraction of sp³-hybridized carbons (Fsp3) is 0.643. The molecule has 10 heteroatoms. The van der Waals surface area contributed by atoms with Gasteiger partial charge in [0, 0.05) is 6.54 Å². The molecule has 2 unspecified atom stereocenters. The molecule has 1 rings (SSSR count). The van der Waals surface area contributed by atoms with Crippen molar-refractivity contribution in [1.29, 1.82) is 0 Å². The summed E-state index contributed by atoms with van der Waals surface area (Å²) in [7, 11) is 1.24. The molecule has 214 valence electrons. The number of methoxy groups -OCH3 is 1. The molecular weight excluding hydrogens is 506 g/mol. The first-order valence-corrected chi connectivity index (χ1v) is 14.6. The highest BCUT2D eigenvalue weighted by molar-refractivity contribution is 7.98. The van der Waals surface area contributed by atoms with E-state index in [0.717, 1.165) is 24.8 Å². The van der Waals surface area contributed by atoms with Gasteiger partial charge in [-0.2, -0.15) is 11.8 Å². The molecule has 0 fully saturated rings. The topological polar surface area (TPSA) is 114 Å². The molecule has 0 bridgehead atoms. The summed E-state index contributed by atoms with van der Waals surface area (Å²) < 4.78 is 10.1. The summed E-state index contributed by atoms with van der Waals surface area (Å²) >= 11 is 1.56. The number of alkyl carbamates (subject to hydrolysis) is 1. The Hall–Kier alpha value is -2.75. The number of unbranched alkanes of at least 4 members (excludes halogenated alkanes) is 2. The lowest BCUT2D eigenvalue weighted by Crippen LogP contribution is -2.53. The van der Waals surface area contributed by atoms with E-state index in [1.807, 2.05) is 37.4 Å². The van der Waals surface area contributed by atoms with Gasteiger partial charge in [-0.05, 0) is 63.2 Å². The Morgan fingerprint density at radius 1 is 1.05 bits per heavy atom. The number of ether oxygens (including phenoxy) is 2. The molecule has 0 aliphatic heterocycles. The average Bonchev–Trinajstić information content (AvgIpc) is 2.87. The molecule has 0 spiro atoms. The van der Waals surface area contributed by atoms with Crippen LogP contribution in [0.5, 0.6) is 0 Å². The number of nitrogens with one attached hydrogen (secondary N) is 2. The first-order chi connectivity index (χ1) is 18.0. The van der Waals surface area contributed by atoms with Gasteiger partial charge in [0.1, 0.15) is 24.2 Å². The molecule has 1 aromatic carbocycles. The first kappa shape index (κ1) is 33.3. The zero-order valence-electron chi connectivity index (χ0n) is 23.9. The van der Waals surface area contributed by atoms with Crippen molar-refractivity contribution in [2.75, 3.05) is 32.2 Å². The highest BCUT2D eigenvalue weighted by Gasteiger charge is 2.36. The third kappa shape index (κ3) is 11.8. The predicted octanol–water partition coefficient (Wildman–Crippen LogP) is 4.24. The maximum Gasteiger partial charge on any atom is 0.408 e. The normalized spacial score (nSPS) is 12.7. The molecule has 1 aromatic rings. The van der Waals surface area contributed by atoms with Crippen LogP contribution >= 0.6 is 11.8 Å². The van der Waals surface area contributed by atoms with Crippen LogP contribution in [0, 0.1) is 0 Å². The molecule has 0 aliphatic rings. The maximum absolute atomic E-state index is 14.1. The van der Waals surface area contributed by atoms with Crippen LogP contribution in [0.3, 0.4) is 0 Å². The summed E-state index contributed by atoms with van der Waals surface area (Å²) in [4.78, 5) is 53.5. The van der Waals surface area contributed by atoms with Crippen molar-refractivity contribution in [1.82, 2.24) is 15.5 Å². The number of aryl methyl sites for hydroxylation is 1. The maximum atomic E-state index is 14.1. The van der Waals surface area contributed by atoms with Crippen LogP contribution in [0.2, 0.25) is 0 Å². The van der Waals surface area contributed by atoms with Crippen molar-refractivity contribution < 1.29 is 28.7 Å². The van der Waals surface area contributed by atoms with Crippen LogP contribution < -0.4 is 10.6 Å². The van der Waals surface area contributed by atoms with Gasteiger partial charge < -0.3 is 25.0 Å². The van der Waals surface area contributed by atoms with E-state index in [1.54, 1.807) is 32.5 Å². The Kier molecular flexibility index (Phi) is 14.9. The fourth-order valence-corrected chi connectivity index (χ4v) is 4.25. The zero-order valence-corrected chi connectivity index (χ0v) is 24.7. The Labute approximate surface area is 231 Å². The minimum absolute atomic E-state index is 0.310. The van der Waals surface area contributed by atoms with E-state index in [4.69, 9.17) is 4.74 Å². The highest BCUT2D eigenvalue weighted by atomic mass is 32.2. The highest BCUT2D eigenvalue weighted by Crippen LogP contribution is 2.25. The molecule has 0 radical (unpaired) electrons. The van der Waals surface area contributed by atoms with Gasteiger partial charge >= 0.3 is 12.1 Å². The second-order valence-corrected chi connectivity index (χ2v) is 11.0. The second-order valence-electron chi connectivity index (χ2n) is 10.0. The van der Waals surface area contributed by atoms with Crippen molar-refractivity contribution in [2.24, 2.45) is 0 Å². The largest absolute Gasteiger partial charge is 0.468 e. The monoisotopic (exact) mass is 551 g/mol. The van der Waals surface area contributed by atoms with E-state index in [-0.39, 0.29) is 12.5 Å². The number of carbonyl (C=O) groups is 4. The number of nitrogens with zero attached hydrogens (tertiary/aromatic N) is 1. The van der Waals surface area contributed by atoms with Crippen molar-refractivity contribution in [3.8, 4) is 0 Å². The zero-order chi connectivity index (χ0) is 28.7. The van der Waals surface area contributed by atoms with Gasteiger partial charge in [-0.1, -0.05) is 51.0 Å². The molecule has 0 aliphatic carbocycles. The number of hydrogen-bond donors (Lipinski definition) is 2. The van der Waals surface area contributed by atoms with E-state index >= 15 is 0 Å². The van der Waals surface area contributed by atoms with Crippen molar-refractivity contribution >= 4 is 35.6 Å². The number of benzene rings is 1. The second kappa shape index (κ2) is 17.0. The Morgan fingerprint density at radius 2 is 1.71 bits per heavy atom. The first-order valence-electron chi connectivity index (χ1n) is 13.2. The predicted molar refractivity (Wildman–Crippen MR) is 151 cm³/mol.